The van der Waals surface area contributed by atoms with Gasteiger partial charge in [0.2, 0.25) is 5.91 Å². The summed E-state index contributed by atoms with van der Waals surface area (Å²) in [6, 6.07) is 3.76. The fraction of sp³-hybridized carbons (Fsp3) is 0.308. The lowest BCUT2D eigenvalue weighted by Gasteiger charge is -2.12. The summed E-state index contributed by atoms with van der Waals surface area (Å²) in [6.07, 6.45) is 4.12. The van der Waals surface area contributed by atoms with E-state index in [1.807, 2.05) is 6.92 Å². The van der Waals surface area contributed by atoms with Gasteiger partial charge in [0.15, 0.2) is 5.82 Å². The third-order valence-corrected chi connectivity index (χ3v) is 2.82. The van der Waals surface area contributed by atoms with E-state index in [9.17, 15) is 9.18 Å². The second kappa shape index (κ2) is 7.70. The van der Waals surface area contributed by atoms with Crippen LogP contribution < -0.4 is 11.1 Å². The summed E-state index contributed by atoms with van der Waals surface area (Å²) in [5, 5.41) is 6.44. The summed E-state index contributed by atoms with van der Waals surface area (Å²) in [4.78, 5) is 15.5. The van der Waals surface area contributed by atoms with Gasteiger partial charge < -0.3 is 11.1 Å². The first-order valence-electron chi connectivity index (χ1n) is 6.32. The largest absolute Gasteiger partial charge is 0.325 e. The fourth-order valence-corrected chi connectivity index (χ4v) is 1.78. The number of aromatic nitrogens is 3. The molecule has 1 amide bonds. The molecular weight excluding hydrogens is 297 g/mol. The first kappa shape index (κ1) is 17.1. The van der Waals surface area contributed by atoms with Crippen LogP contribution in [0.4, 0.5) is 10.1 Å². The molecule has 1 heterocycles. The Kier molecular flexibility index (Phi) is 6.26. The Bertz CT molecular complexity index is 590. The third-order valence-electron chi connectivity index (χ3n) is 2.82. The Hall–Kier alpha value is -1.99. The maximum absolute atomic E-state index is 13.9. The molecule has 2 aromatic rings. The number of hydrogen-bond acceptors (Lipinski definition) is 4. The summed E-state index contributed by atoms with van der Waals surface area (Å²) in [6.45, 7) is 1.94. The lowest BCUT2D eigenvalue weighted by molar-refractivity contribution is -0.117. The van der Waals surface area contributed by atoms with Gasteiger partial charge in [0.05, 0.1) is 6.04 Å². The summed E-state index contributed by atoms with van der Waals surface area (Å²) in [5.41, 5.74) is 6.32. The van der Waals surface area contributed by atoms with Crippen molar-refractivity contribution in [1.82, 2.24) is 14.8 Å². The van der Waals surface area contributed by atoms with Gasteiger partial charge >= 0.3 is 0 Å². The number of carbonyl (C=O) groups excluding carboxylic acids is 1. The molecule has 1 atom stereocenters. The molecule has 3 N–H and O–H groups in total. The van der Waals surface area contributed by atoms with Gasteiger partial charge in [0.1, 0.15) is 18.3 Å². The number of hydrogen-bond donors (Lipinski definition) is 2. The van der Waals surface area contributed by atoms with Crippen molar-refractivity contribution in [2.24, 2.45) is 5.73 Å². The van der Waals surface area contributed by atoms with Crippen LogP contribution in [-0.2, 0) is 4.79 Å². The van der Waals surface area contributed by atoms with Crippen molar-refractivity contribution in [3.8, 4) is 5.69 Å². The van der Waals surface area contributed by atoms with E-state index in [1.54, 1.807) is 6.07 Å². The van der Waals surface area contributed by atoms with Crippen LogP contribution >= 0.6 is 12.4 Å². The summed E-state index contributed by atoms with van der Waals surface area (Å²) in [7, 11) is 0. The Labute approximate surface area is 128 Å². The Balaban J connectivity index is 0.00000220. The van der Waals surface area contributed by atoms with E-state index in [2.05, 4.69) is 15.4 Å². The zero-order valence-corrected chi connectivity index (χ0v) is 12.3. The molecule has 0 aliphatic heterocycles. The third kappa shape index (κ3) is 4.24. The molecule has 0 bridgehead atoms. The van der Waals surface area contributed by atoms with Gasteiger partial charge in [-0.3, -0.25) is 4.79 Å². The molecule has 0 aliphatic carbocycles. The molecule has 0 saturated heterocycles. The number of nitrogens with two attached hydrogens (primary N) is 1. The van der Waals surface area contributed by atoms with Crippen molar-refractivity contribution < 1.29 is 9.18 Å². The van der Waals surface area contributed by atoms with Gasteiger partial charge in [0.25, 0.3) is 0 Å². The monoisotopic (exact) mass is 313 g/mol. The summed E-state index contributed by atoms with van der Waals surface area (Å²) < 4.78 is 15.3. The highest BCUT2D eigenvalue weighted by Crippen LogP contribution is 2.17. The molecule has 8 heteroatoms. The van der Waals surface area contributed by atoms with Crippen LogP contribution in [0.3, 0.4) is 0 Å². The number of nitrogens with one attached hydrogen (secondary N) is 1. The number of anilines is 1. The normalized spacial score (nSPS) is 11.6. The van der Waals surface area contributed by atoms with Crippen molar-refractivity contribution in [1.29, 1.82) is 0 Å². The van der Waals surface area contributed by atoms with E-state index < -0.39 is 11.9 Å². The molecule has 1 aromatic heterocycles. The zero-order valence-electron chi connectivity index (χ0n) is 11.5. The number of benzene rings is 1. The van der Waals surface area contributed by atoms with Gasteiger partial charge in [-0.05, 0) is 24.6 Å². The summed E-state index contributed by atoms with van der Waals surface area (Å²) in [5.74, 6) is -0.822. The number of carbonyl (C=O) groups is 1. The lowest BCUT2D eigenvalue weighted by Crippen LogP contribution is -2.35. The minimum absolute atomic E-state index is 0. The highest BCUT2D eigenvalue weighted by Gasteiger charge is 2.13. The molecular formula is C13H17ClFN5O. The van der Waals surface area contributed by atoms with Crippen LogP contribution in [-0.4, -0.2) is 26.7 Å². The number of nitrogens with zero attached hydrogens (tertiary/aromatic N) is 3. The lowest BCUT2D eigenvalue weighted by atomic mass is 10.1. The van der Waals surface area contributed by atoms with Crippen LogP contribution in [0.2, 0.25) is 0 Å². The molecule has 114 valence electrons. The Morgan fingerprint density at radius 2 is 2.29 bits per heavy atom. The zero-order chi connectivity index (χ0) is 14.5. The SMILES string of the molecule is CCCC(N)C(=O)Nc1ccc(-n2cncn2)c(F)c1.Cl. The van der Waals surface area contributed by atoms with Crippen molar-refractivity contribution in [3.05, 3.63) is 36.7 Å². The average molecular weight is 314 g/mol. The summed E-state index contributed by atoms with van der Waals surface area (Å²) >= 11 is 0. The Morgan fingerprint density at radius 3 is 2.86 bits per heavy atom. The van der Waals surface area contributed by atoms with Crippen LogP contribution in [0.25, 0.3) is 5.69 Å². The van der Waals surface area contributed by atoms with Gasteiger partial charge in [-0.2, -0.15) is 5.10 Å². The van der Waals surface area contributed by atoms with Crippen molar-refractivity contribution in [3.63, 3.8) is 0 Å². The maximum atomic E-state index is 13.9. The van der Waals surface area contributed by atoms with E-state index in [1.165, 1.54) is 29.5 Å². The quantitative estimate of drug-likeness (QED) is 0.882. The average Bonchev–Trinajstić information content (AvgIpc) is 2.93. The predicted molar refractivity (Wildman–Crippen MR) is 80.1 cm³/mol. The van der Waals surface area contributed by atoms with Crippen molar-refractivity contribution in [2.45, 2.75) is 25.8 Å². The predicted octanol–water partition coefficient (Wildman–Crippen LogP) is 1.89. The second-order valence-electron chi connectivity index (χ2n) is 4.39. The topological polar surface area (TPSA) is 85.8 Å². The maximum Gasteiger partial charge on any atom is 0.241 e. The van der Waals surface area contributed by atoms with E-state index in [0.717, 1.165) is 6.42 Å². The van der Waals surface area contributed by atoms with Crippen LogP contribution in [0.15, 0.2) is 30.9 Å². The molecule has 0 aliphatic rings. The van der Waals surface area contributed by atoms with Crippen LogP contribution in [0.5, 0.6) is 0 Å². The number of rotatable bonds is 5. The molecule has 1 unspecified atom stereocenters. The van der Waals surface area contributed by atoms with Gasteiger partial charge in [-0.25, -0.2) is 14.1 Å². The van der Waals surface area contributed by atoms with E-state index >= 15 is 0 Å². The fourth-order valence-electron chi connectivity index (χ4n) is 1.78. The first-order valence-corrected chi connectivity index (χ1v) is 6.32. The molecule has 0 radical (unpaired) electrons. The standard InChI is InChI=1S/C13H16FN5O.ClH/c1-2-3-11(15)13(20)18-9-4-5-12(10(14)6-9)19-8-16-7-17-19;/h4-8,11H,2-3,15H2,1H3,(H,18,20);1H. The minimum Gasteiger partial charge on any atom is -0.325 e. The highest BCUT2D eigenvalue weighted by atomic mass is 35.5. The molecule has 0 fully saturated rings. The molecule has 0 saturated carbocycles. The van der Waals surface area contributed by atoms with Crippen molar-refractivity contribution >= 4 is 24.0 Å². The second-order valence-corrected chi connectivity index (χ2v) is 4.39. The molecule has 0 spiro atoms. The molecule has 2 rings (SSSR count). The van der Waals surface area contributed by atoms with Gasteiger partial charge in [0, 0.05) is 5.69 Å². The van der Waals surface area contributed by atoms with Crippen molar-refractivity contribution in [2.75, 3.05) is 5.32 Å². The van der Waals surface area contributed by atoms with Crippen LogP contribution in [0.1, 0.15) is 19.8 Å². The van der Waals surface area contributed by atoms with Gasteiger partial charge in [-0.1, -0.05) is 13.3 Å². The smallest absolute Gasteiger partial charge is 0.241 e. The van der Waals surface area contributed by atoms with E-state index in [-0.39, 0.29) is 24.0 Å². The Morgan fingerprint density at radius 1 is 1.52 bits per heavy atom. The molecule has 21 heavy (non-hydrogen) atoms. The molecule has 6 nitrogen and oxygen atoms in total. The van der Waals surface area contributed by atoms with Crippen LogP contribution in [0, 0.1) is 5.82 Å². The minimum atomic E-state index is -0.585. The number of amides is 1. The van der Waals surface area contributed by atoms with E-state index in [4.69, 9.17) is 5.73 Å². The van der Waals surface area contributed by atoms with Gasteiger partial charge in [-0.15, -0.1) is 12.4 Å². The first-order chi connectivity index (χ1) is 9.61. The molecule has 1 aromatic carbocycles. The van der Waals surface area contributed by atoms with E-state index in [0.29, 0.717) is 12.1 Å². The highest BCUT2D eigenvalue weighted by molar-refractivity contribution is 5.94. The number of halogens is 2.